The van der Waals surface area contributed by atoms with E-state index in [9.17, 15) is 9.59 Å². The van der Waals surface area contributed by atoms with Crippen molar-refractivity contribution < 1.29 is 9.59 Å². The van der Waals surface area contributed by atoms with Crippen LogP contribution in [0.4, 0.5) is 0 Å². The molecule has 2 rings (SSSR count). The van der Waals surface area contributed by atoms with E-state index in [0.29, 0.717) is 12.8 Å². The van der Waals surface area contributed by atoms with E-state index in [2.05, 4.69) is 0 Å². The van der Waals surface area contributed by atoms with Gasteiger partial charge in [-0.15, -0.1) is 0 Å². The Balaban J connectivity index is 2.04. The molecule has 0 aromatic heterocycles. The molecule has 0 aliphatic carbocycles. The lowest BCUT2D eigenvalue weighted by Gasteiger charge is -2.37. The fraction of sp³-hybridized carbons (Fsp3) is 0.714. The van der Waals surface area contributed by atoms with Gasteiger partial charge in [-0.05, 0) is 6.42 Å². The second kappa shape index (κ2) is 2.22. The first-order chi connectivity index (χ1) is 5.29. The van der Waals surface area contributed by atoms with Gasteiger partial charge in [0.2, 0.25) is 11.8 Å². The summed E-state index contributed by atoms with van der Waals surface area (Å²) >= 11 is 0. The van der Waals surface area contributed by atoms with Crippen LogP contribution in [0.3, 0.4) is 0 Å². The molecule has 4 heteroatoms. The molecular weight excluding hydrogens is 144 g/mol. The van der Waals surface area contributed by atoms with Crippen LogP contribution in [0.15, 0.2) is 0 Å². The molecule has 0 spiro atoms. The number of nitrogens with zero attached hydrogens (tertiary/aromatic N) is 2. The number of rotatable bonds is 1. The van der Waals surface area contributed by atoms with E-state index < -0.39 is 0 Å². The molecule has 2 saturated heterocycles. The normalized spacial score (nSPS) is 24.4. The molecule has 11 heavy (non-hydrogen) atoms. The zero-order valence-corrected chi connectivity index (χ0v) is 6.25. The summed E-state index contributed by atoms with van der Waals surface area (Å²) in [6.45, 7) is 1.45. The van der Waals surface area contributed by atoms with E-state index in [1.54, 1.807) is 10.0 Å². The number of carbonyl (C=O) groups excluding carboxylic acids is 2. The van der Waals surface area contributed by atoms with Gasteiger partial charge < -0.3 is 0 Å². The van der Waals surface area contributed by atoms with Crippen LogP contribution in [-0.2, 0) is 9.59 Å². The Morgan fingerprint density at radius 3 is 1.91 bits per heavy atom. The topological polar surface area (TPSA) is 40.6 Å². The summed E-state index contributed by atoms with van der Waals surface area (Å²) in [7, 11) is 0. The zero-order valence-electron chi connectivity index (χ0n) is 6.25. The first-order valence-electron chi connectivity index (χ1n) is 3.90. The molecule has 2 amide bonds. The van der Waals surface area contributed by atoms with Crippen LogP contribution in [-0.4, -0.2) is 34.9 Å². The van der Waals surface area contributed by atoms with E-state index >= 15 is 0 Å². The Labute approximate surface area is 64.7 Å². The number of hydrogen-bond acceptors (Lipinski definition) is 2. The largest absolute Gasteiger partial charge is 0.273 e. The van der Waals surface area contributed by atoms with Crippen molar-refractivity contribution in [2.45, 2.75) is 19.3 Å². The van der Waals surface area contributed by atoms with Gasteiger partial charge >= 0.3 is 0 Å². The SMILES string of the molecule is O=C1CCCN1N1CCC1=O. The zero-order chi connectivity index (χ0) is 7.84. The molecule has 2 aliphatic rings. The van der Waals surface area contributed by atoms with Crippen molar-refractivity contribution in [1.82, 2.24) is 10.0 Å². The quantitative estimate of drug-likeness (QED) is 0.489. The molecular formula is C7H10N2O2. The molecule has 0 N–H and O–H groups in total. The Morgan fingerprint density at radius 1 is 0.909 bits per heavy atom. The number of carbonyl (C=O) groups is 2. The average molecular weight is 154 g/mol. The standard InChI is InChI=1S/C7H10N2O2/c10-6-2-1-4-8(6)9-5-3-7(9)11/h1-5H2. The molecule has 4 nitrogen and oxygen atoms in total. The van der Waals surface area contributed by atoms with Crippen LogP contribution >= 0.6 is 0 Å². The predicted molar refractivity (Wildman–Crippen MR) is 37.3 cm³/mol. The molecule has 2 aliphatic heterocycles. The summed E-state index contributed by atoms with van der Waals surface area (Å²) in [6, 6.07) is 0. The van der Waals surface area contributed by atoms with Gasteiger partial charge in [-0.2, -0.15) is 0 Å². The van der Waals surface area contributed by atoms with Gasteiger partial charge in [-0.25, -0.2) is 0 Å². The minimum absolute atomic E-state index is 0.0836. The predicted octanol–water partition coefficient (Wildman–Crippen LogP) is -0.244. The van der Waals surface area contributed by atoms with Crippen molar-refractivity contribution in [2.75, 3.05) is 13.1 Å². The monoisotopic (exact) mass is 154 g/mol. The molecule has 0 bridgehead atoms. The van der Waals surface area contributed by atoms with Crippen molar-refractivity contribution in [3.05, 3.63) is 0 Å². The van der Waals surface area contributed by atoms with Gasteiger partial charge in [0.25, 0.3) is 0 Å². The summed E-state index contributed by atoms with van der Waals surface area (Å²) in [5.74, 6) is 0.179. The highest BCUT2D eigenvalue weighted by atomic mass is 16.2. The Morgan fingerprint density at radius 2 is 1.55 bits per heavy atom. The van der Waals surface area contributed by atoms with Crippen LogP contribution < -0.4 is 0 Å². The second-order valence-electron chi connectivity index (χ2n) is 2.89. The van der Waals surface area contributed by atoms with Crippen molar-refractivity contribution in [2.24, 2.45) is 0 Å². The minimum Gasteiger partial charge on any atom is -0.273 e. The van der Waals surface area contributed by atoms with Crippen LogP contribution in [0.25, 0.3) is 0 Å². The number of hydrogen-bond donors (Lipinski definition) is 0. The van der Waals surface area contributed by atoms with E-state index in [-0.39, 0.29) is 11.8 Å². The van der Waals surface area contributed by atoms with Crippen LogP contribution in [0.1, 0.15) is 19.3 Å². The molecule has 0 radical (unpaired) electrons. The molecule has 2 heterocycles. The van der Waals surface area contributed by atoms with Crippen LogP contribution in [0, 0.1) is 0 Å². The third-order valence-corrected chi connectivity index (χ3v) is 2.17. The van der Waals surface area contributed by atoms with Crippen LogP contribution in [0.5, 0.6) is 0 Å². The van der Waals surface area contributed by atoms with Crippen molar-refractivity contribution >= 4 is 11.8 Å². The third kappa shape index (κ3) is 0.895. The Kier molecular flexibility index (Phi) is 1.34. The molecule has 2 fully saturated rings. The molecule has 60 valence electrons. The number of amides is 2. The summed E-state index contributed by atoms with van der Waals surface area (Å²) in [5.41, 5.74) is 0. The smallest absolute Gasteiger partial charge is 0.243 e. The van der Waals surface area contributed by atoms with Gasteiger partial charge in [-0.1, -0.05) is 0 Å². The van der Waals surface area contributed by atoms with Gasteiger partial charge in [-0.3, -0.25) is 19.6 Å². The second-order valence-corrected chi connectivity index (χ2v) is 2.89. The fourth-order valence-corrected chi connectivity index (χ4v) is 1.45. The third-order valence-electron chi connectivity index (χ3n) is 2.17. The molecule has 0 aromatic rings. The first-order valence-corrected chi connectivity index (χ1v) is 3.90. The Hall–Kier alpha value is -1.06. The van der Waals surface area contributed by atoms with Crippen molar-refractivity contribution in [3.8, 4) is 0 Å². The summed E-state index contributed by atoms with van der Waals surface area (Å²) in [4.78, 5) is 22.0. The molecule has 0 unspecified atom stereocenters. The van der Waals surface area contributed by atoms with Crippen molar-refractivity contribution in [1.29, 1.82) is 0 Å². The highest BCUT2D eigenvalue weighted by Gasteiger charge is 2.34. The number of β-lactam (4-membered cyclic amide) rings is 1. The number of hydrazine groups is 1. The van der Waals surface area contributed by atoms with Crippen LogP contribution in [0.2, 0.25) is 0 Å². The highest BCUT2D eigenvalue weighted by Crippen LogP contribution is 2.19. The highest BCUT2D eigenvalue weighted by molar-refractivity contribution is 5.86. The van der Waals surface area contributed by atoms with E-state index in [0.717, 1.165) is 19.5 Å². The van der Waals surface area contributed by atoms with Gasteiger partial charge in [0.15, 0.2) is 0 Å². The maximum Gasteiger partial charge on any atom is 0.243 e. The lowest BCUT2D eigenvalue weighted by Crippen LogP contribution is -2.54. The van der Waals surface area contributed by atoms with Crippen molar-refractivity contribution in [3.63, 3.8) is 0 Å². The molecule has 0 saturated carbocycles. The molecule has 0 aromatic carbocycles. The maximum absolute atomic E-state index is 11.1. The fourth-order valence-electron chi connectivity index (χ4n) is 1.45. The maximum atomic E-state index is 11.1. The van der Waals surface area contributed by atoms with Gasteiger partial charge in [0.1, 0.15) is 0 Å². The first kappa shape index (κ1) is 6.64. The minimum atomic E-state index is 0.0836. The lowest BCUT2D eigenvalue weighted by atomic mass is 10.2. The molecule has 0 atom stereocenters. The summed E-state index contributed by atoms with van der Waals surface area (Å²) in [6.07, 6.45) is 2.09. The average Bonchev–Trinajstić information content (AvgIpc) is 2.34. The van der Waals surface area contributed by atoms with E-state index in [4.69, 9.17) is 0 Å². The van der Waals surface area contributed by atoms with Gasteiger partial charge in [0, 0.05) is 19.4 Å². The van der Waals surface area contributed by atoms with E-state index in [1.807, 2.05) is 0 Å². The summed E-state index contributed by atoms with van der Waals surface area (Å²) < 4.78 is 0. The van der Waals surface area contributed by atoms with E-state index in [1.165, 1.54) is 0 Å². The Bertz CT molecular complexity index is 214. The van der Waals surface area contributed by atoms with Gasteiger partial charge in [0.05, 0.1) is 6.54 Å². The lowest BCUT2D eigenvalue weighted by molar-refractivity contribution is -0.170. The summed E-state index contributed by atoms with van der Waals surface area (Å²) in [5, 5.41) is 3.13.